The predicted octanol–water partition coefficient (Wildman–Crippen LogP) is 5.01. The number of rotatable bonds is 8. The van der Waals surface area contributed by atoms with Gasteiger partial charge in [0.25, 0.3) is 10.0 Å². The van der Waals surface area contributed by atoms with Crippen LogP contribution in [0.5, 0.6) is 0 Å². The molecule has 5 nitrogen and oxygen atoms in total. The minimum atomic E-state index is -3.78. The molecule has 1 amide bonds. The smallest absolute Gasteiger partial charge is 0.261 e. The first-order chi connectivity index (χ1) is 13.9. The first-order valence-corrected chi connectivity index (χ1v) is 11.7. The number of halogens is 1. The van der Waals surface area contributed by atoms with Gasteiger partial charge < -0.3 is 5.32 Å². The number of carbonyl (C=O) groups is 1. The van der Waals surface area contributed by atoms with Crippen LogP contribution < -0.4 is 10.0 Å². The summed E-state index contributed by atoms with van der Waals surface area (Å²) in [6, 6.07) is 22.5. The summed E-state index contributed by atoms with van der Waals surface area (Å²) in [6.07, 6.45) is 0. The second-order valence-electron chi connectivity index (χ2n) is 6.14. The Labute approximate surface area is 179 Å². The average molecular weight is 447 g/mol. The lowest BCUT2D eigenvalue weighted by molar-refractivity contribution is -0.113. The number of nitrogens with one attached hydrogen (secondary N) is 2. The molecule has 3 aromatic carbocycles. The lowest BCUT2D eigenvalue weighted by Gasteiger charge is -2.10. The number of benzene rings is 3. The zero-order valence-corrected chi connectivity index (χ0v) is 17.7. The van der Waals surface area contributed by atoms with E-state index in [2.05, 4.69) is 10.0 Å². The third-order valence-corrected chi connectivity index (χ3v) is 6.63. The van der Waals surface area contributed by atoms with Crippen molar-refractivity contribution in [2.45, 2.75) is 10.6 Å². The van der Waals surface area contributed by atoms with E-state index < -0.39 is 10.0 Å². The molecule has 0 aliphatic carbocycles. The van der Waals surface area contributed by atoms with Crippen molar-refractivity contribution in [2.24, 2.45) is 0 Å². The van der Waals surface area contributed by atoms with Crippen molar-refractivity contribution in [3.05, 3.63) is 89.4 Å². The predicted molar refractivity (Wildman–Crippen MR) is 120 cm³/mol. The number of thioether (sulfide) groups is 1. The molecule has 0 saturated carbocycles. The fourth-order valence-electron chi connectivity index (χ4n) is 2.50. The normalized spacial score (nSPS) is 11.1. The SMILES string of the molecule is O=C(CSCc1ccccc1)Nc1ccc(S(=O)(=O)Nc2ccccc2Cl)cc1. The van der Waals surface area contributed by atoms with Gasteiger partial charge in [-0.2, -0.15) is 0 Å². The van der Waals surface area contributed by atoms with Crippen molar-refractivity contribution >= 4 is 50.7 Å². The van der Waals surface area contributed by atoms with Gasteiger partial charge in [-0.3, -0.25) is 9.52 Å². The van der Waals surface area contributed by atoms with E-state index in [0.29, 0.717) is 22.2 Å². The number of hydrogen-bond donors (Lipinski definition) is 2. The molecular formula is C21H19ClN2O3S2. The fraction of sp³-hybridized carbons (Fsp3) is 0.0952. The molecule has 0 saturated heterocycles. The van der Waals surface area contributed by atoms with Gasteiger partial charge in [0.1, 0.15) is 0 Å². The molecule has 0 aliphatic rings. The Kier molecular flexibility index (Phi) is 7.19. The van der Waals surface area contributed by atoms with Gasteiger partial charge in [0.05, 0.1) is 21.4 Å². The minimum Gasteiger partial charge on any atom is -0.325 e. The summed E-state index contributed by atoms with van der Waals surface area (Å²) in [5.74, 6) is 0.915. The summed E-state index contributed by atoms with van der Waals surface area (Å²) in [5, 5.41) is 3.08. The highest BCUT2D eigenvalue weighted by atomic mass is 35.5. The second-order valence-corrected chi connectivity index (χ2v) is 9.21. The molecule has 0 aromatic heterocycles. The van der Waals surface area contributed by atoms with Crippen molar-refractivity contribution in [3.63, 3.8) is 0 Å². The molecule has 0 bridgehead atoms. The van der Waals surface area contributed by atoms with Gasteiger partial charge in [-0.05, 0) is 42.0 Å². The van der Waals surface area contributed by atoms with Gasteiger partial charge in [-0.15, -0.1) is 11.8 Å². The first kappa shape index (κ1) is 21.2. The Morgan fingerprint density at radius 2 is 1.55 bits per heavy atom. The van der Waals surface area contributed by atoms with Crippen LogP contribution in [0.4, 0.5) is 11.4 Å². The second kappa shape index (κ2) is 9.82. The van der Waals surface area contributed by atoms with Crippen LogP contribution in [0.3, 0.4) is 0 Å². The fourth-order valence-corrected chi connectivity index (χ4v) is 4.60. The van der Waals surface area contributed by atoms with Crippen molar-refractivity contribution in [2.75, 3.05) is 15.8 Å². The quantitative estimate of drug-likeness (QED) is 0.509. The molecule has 0 aliphatic heterocycles. The maximum atomic E-state index is 12.5. The monoisotopic (exact) mass is 446 g/mol. The van der Waals surface area contributed by atoms with Gasteiger partial charge in [-0.1, -0.05) is 54.1 Å². The van der Waals surface area contributed by atoms with E-state index in [9.17, 15) is 13.2 Å². The number of carbonyl (C=O) groups excluding carboxylic acids is 1. The van der Waals surface area contributed by atoms with Gasteiger partial charge in [-0.25, -0.2) is 8.42 Å². The van der Waals surface area contributed by atoms with Crippen LogP contribution in [0.25, 0.3) is 0 Å². The molecule has 3 rings (SSSR count). The summed E-state index contributed by atoms with van der Waals surface area (Å²) >= 11 is 7.52. The summed E-state index contributed by atoms with van der Waals surface area (Å²) in [4.78, 5) is 12.2. The highest BCUT2D eigenvalue weighted by Crippen LogP contribution is 2.24. The number of amides is 1. The molecule has 0 heterocycles. The maximum Gasteiger partial charge on any atom is 0.261 e. The highest BCUT2D eigenvalue weighted by Gasteiger charge is 2.15. The summed E-state index contributed by atoms with van der Waals surface area (Å²) in [5.41, 5.74) is 2.00. The van der Waals surface area contributed by atoms with Crippen LogP contribution in [0.2, 0.25) is 5.02 Å². The maximum absolute atomic E-state index is 12.5. The van der Waals surface area contributed by atoms with E-state index in [4.69, 9.17) is 11.6 Å². The van der Waals surface area contributed by atoms with E-state index in [-0.39, 0.29) is 10.8 Å². The molecule has 0 spiro atoms. The summed E-state index contributed by atoms with van der Waals surface area (Å²) in [6.45, 7) is 0. The lowest BCUT2D eigenvalue weighted by Crippen LogP contribution is -2.15. The molecule has 0 radical (unpaired) electrons. The molecule has 2 N–H and O–H groups in total. The Morgan fingerprint density at radius 1 is 0.897 bits per heavy atom. The molecule has 150 valence electrons. The van der Waals surface area contributed by atoms with E-state index in [0.717, 1.165) is 11.3 Å². The Morgan fingerprint density at radius 3 is 2.24 bits per heavy atom. The first-order valence-electron chi connectivity index (χ1n) is 8.73. The topological polar surface area (TPSA) is 75.3 Å². The van der Waals surface area contributed by atoms with Crippen LogP contribution in [-0.4, -0.2) is 20.1 Å². The van der Waals surface area contributed by atoms with Crippen molar-refractivity contribution < 1.29 is 13.2 Å². The van der Waals surface area contributed by atoms with Crippen molar-refractivity contribution in [3.8, 4) is 0 Å². The Hall–Kier alpha value is -2.48. The zero-order valence-electron chi connectivity index (χ0n) is 15.3. The largest absolute Gasteiger partial charge is 0.325 e. The lowest BCUT2D eigenvalue weighted by atomic mass is 10.2. The highest BCUT2D eigenvalue weighted by molar-refractivity contribution is 7.99. The molecule has 0 fully saturated rings. The molecule has 0 atom stereocenters. The molecule has 0 unspecified atom stereocenters. The van der Waals surface area contributed by atoms with Crippen LogP contribution in [0, 0.1) is 0 Å². The van der Waals surface area contributed by atoms with E-state index in [1.807, 2.05) is 30.3 Å². The Bertz CT molecular complexity index is 1070. The number of para-hydroxylation sites is 1. The standard InChI is InChI=1S/C21H19ClN2O3S2/c22-19-8-4-5-9-20(19)24-29(26,27)18-12-10-17(11-13-18)23-21(25)15-28-14-16-6-2-1-3-7-16/h1-13,24H,14-15H2,(H,23,25). The van der Waals surface area contributed by atoms with Crippen LogP contribution in [-0.2, 0) is 20.6 Å². The van der Waals surface area contributed by atoms with Gasteiger partial charge >= 0.3 is 0 Å². The van der Waals surface area contributed by atoms with E-state index in [1.165, 1.54) is 23.9 Å². The average Bonchev–Trinajstić information content (AvgIpc) is 2.71. The number of anilines is 2. The Balaban J connectivity index is 1.55. The summed E-state index contributed by atoms with van der Waals surface area (Å²) < 4.78 is 27.5. The van der Waals surface area contributed by atoms with Crippen LogP contribution in [0.15, 0.2) is 83.8 Å². The molecular weight excluding hydrogens is 428 g/mol. The zero-order chi connectivity index (χ0) is 20.7. The van der Waals surface area contributed by atoms with Crippen molar-refractivity contribution in [1.29, 1.82) is 0 Å². The minimum absolute atomic E-state index is 0.0777. The van der Waals surface area contributed by atoms with Gasteiger partial charge in [0.2, 0.25) is 5.91 Å². The summed E-state index contributed by atoms with van der Waals surface area (Å²) in [7, 11) is -3.78. The molecule has 3 aromatic rings. The van der Waals surface area contributed by atoms with Crippen LogP contribution in [0.1, 0.15) is 5.56 Å². The van der Waals surface area contributed by atoms with Crippen LogP contribution >= 0.6 is 23.4 Å². The van der Waals surface area contributed by atoms with Crippen molar-refractivity contribution in [1.82, 2.24) is 0 Å². The van der Waals surface area contributed by atoms with Gasteiger partial charge in [0.15, 0.2) is 0 Å². The number of hydrogen-bond acceptors (Lipinski definition) is 4. The third-order valence-electron chi connectivity index (χ3n) is 3.91. The molecule has 8 heteroatoms. The van der Waals surface area contributed by atoms with Gasteiger partial charge in [0, 0.05) is 11.4 Å². The van der Waals surface area contributed by atoms with E-state index >= 15 is 0 Å². The third kappa shape index (κ3) is 6.25. The molecule has 29 heavy (non-hydrogen) atoms. The van der Waals surface area contributed by atoms with E-state index in [1.54, 1.807) is 36.4 Å². The number of sulfonamides is 1.